The molecule has 0 spiro atoms. The molecule has 2 aromatic rings. The van der Waals surface area contributed by atoms with Crippen molar-refractivity contribution in [3.8, 4) is 0 Å². The van der Waals surface area contributed by atoms with E-state index in [1.54, 1.807) is 49.0 Å². The largest absolute Gasteiger partial charge is 0.340 e. The minimum atomic E-state index is -0.432. The maximum atomic E-state index is 12.6. The van der Waals surface area contributed by atoms with Crippen LogP contribution in [0.15, 0.2) is 48.5 Å². The normalized spacial score (nSPS) is 11.9. The molecule has 0 radical (unpaired) electrons. The van der Waals surface area contributed by atoms with Crippen molar-refractivity contribution in [3.63, 3.8) is 0 Å². The van der Waals surface area contributed by atoms with Crippen molar-refractivity contribution < 1.29 is 9.59 Å². The molecule has 2 amide bonds. The zero-order valence-corrected chi connectivity index (χ0v) is 17.1. The lowest BCUT2D eigenvalue weighted by molar-refractivity contribution is -0.135. The molecule has 0 saturated heterocycles. The molecule has 0 aliphatic rings. The summed E-state index contributed by atoms with van der Waals surface area (Å²) in [6.45, 7) is 2.38. The van der Waals surface area contributed by atoms with Crippen LogP contribution in [0.1, 0.15) is 12.5 Å². The van der Waals surface area contributed by atoms with Gasteiger partial charge in [0, 0.05) is 19.3 Å². The molecule has 0 fully saturated rings. The summed E-state index contributed by atoms with van der Waals surface area (Å²) in [4.78, 5) is 28.2. The quantitative estimate of drug-likeness (QED) is 0.756. The topological polar surface area (TPSA) is 52.7 Å². The minimum Gasteiger partial charge on any atom is -0.340 e. The van der Waals surface area contributed by atoms with Gasteiger partial charge in [-0.25, -0.2) is 0 Å². The van der Waals surface area contributed by atoms with Gasteiger partial charge in [-0.15, -0.1) is 0 Å². The van der Waals surface area contributed by atoms with E-state index in [2.05, 4.69) is 5.32 Å². The summed E-state index contributed by atoms with van der Waals surface area (Å²) in [6, 6.07) is 14.2. The summed E-state index contributed by atoms with van der Waals surface area (Å²) in [5.74, 6) is -0.287. The molecule has 5 nitrogen and oxygen atoms in total. The van der Waals surface area contributed by atoms with Crippen molar-refractivity contribution >= 4 is 40.7 Å². The Balaban J connectivity index is 1.89. The number of hydrogen-bond donors (Lipinski definition) is 1. The molecule has 1 atom stereocenters. The van der Waals surface area contributed by atoms with Crippen molar-refractivity contribution in [2.75, 3.05) is 26.0 Å². The van der Waals surface area contributed by atoms with Crippen LogP contribution in [0.4, 0.5) is 5.69 Å². The summed E-state index contributed by atoms with van der Waals surface area (Å²) in [6.07, 6.45) is 0. The van der Waals surface area contributed by atoms with Crippen LogP contribution in [0.3, 0.4) is 0 Å². The average molecular weight is 408 g/mol. The molecule has 0 aliphatic heterocycles. The lowest BCUT2D eigenvalue weighted by Crippen LogP contribution is -2.46. The Morgan fingerprint density at radius 1 is 1.04 bits per heavy atom. The third-order valence-corrected chi connectivity index (χ3v) is 4.99. The van der Waals surface area contributed by atoms with Gasteiger partial charge in [0.1, 0.15) is 0 Å². The highest BCUT2D eigenvalue weighted by Crippen LogP contribution is 2.24. The Labute approximate surface area is 169 Å². The highest BCUT2D eigenvalue weighted by Gasteiger charge is 2.23. The minimum absolute atomic E-state index is 0.0521. The molecule has 0 aliphatic carbocycles. The van der Waals surface area contributed by atoms with E-state index in [1.165, 1.54) is 0 Å². The molecule has 2 rings (SSSR count). The number of nitrogens with zero attached hydrogens (tertiary/aromatic N) is 2. The molecule has 0 unspecified atom stereocenters. The van der Waals surface area contributed by atoms with Crippen LogP contribution in [0.2, 0.25) is 10.0 Å². The number of hydrogen-bond acceptors (Lipinski definition) is 3. The van der Waals surface area contributed by atoms with E-state index < -0.39 is 6.04 Å². The number of anilines is 1. The number of carbonyl (C=O) groups is 2. The molecular formula is C20H23Cl2N3O2. The van der Waals surface area contributed by atoms with Gasteiger partial charge in [-0.1, -0.05) is 53.5 Å². The molecule has 27 heavy (non-hydrogen) atoms. The van der Waals surface area contributed by atoms with Crippen LogP contribution in [-0.4, -0.2) is 48.3 Å². The first-order valence-electron chi connectivity index (χ1n) is 8.52. The predicted molar refractivity (Wildman–Crippen MR) is 110 cm³/mol. The van der Waals surface area contributed by atoms with E-state index >= 15 is 0 Å². The maximum Gasteiger partial charge on any atom is 0.239 e. The molecule has 2 aromatic carbocycles. The molecule has 144 valence electrons. The SMILES string of the molecule is C[C@H](C(=O)N(C)Cc1ccccc1)N(C)CC(=O)Nc1ccc(Cl)c(Cl)c1. The summed E-state index contributed by atoms with van der Waals surface area (Å²) in [5, 5.41) is 3.55. The summed E-state index contributed by atoms with van der Waals surface area (Å²) in [7, 11) is 3.50. The smallest absolute Gasteiger partial charge is 0.239 e. The van der Waals surface area contributed by atoms with Gasteiger partial charge in [0.05, 0.1) is 22.6 Å². The van der Waals surface area contributed by atoms with Crippen molar-refractivity contribution in [3.05, 3.63) is 64.1 Å². The molecule has 0 heterocycles. The van der Waals surface area contributed by atoms with E-state index in [1.807, 2.05) is 30.3 Å². The van der Waals surface area contributed by atoms with E-state index in [0.717, 1.165) is 5.56 Å². The summed E-state index contributed by atoms with van der Waals surface area (Å²) in [5.41, 5.74) is 1.61. The Hall–Kier alpha value is -2.08. The molecule has 0 bridgehead atoms. The number of amides is 2. The number of halogens is 2. The van der Waals surface area contributed by atoms with Gasteiger partial charge in [-0.3, -0.25) is 14.5 Å². The maximum absolute atomic E-state index is 12.6. The van der Waals surface area contributed by atoms with Crippen molar-refractivity contribution in [1.29, 1.82) is 0 Å². The zero-order valence-electron chi connectivity index (χ0n) is 15.6. The van der Waals surface area contributed by atoms with Crippen LogP contribution in [0.5, 0.6) is 0 Å². The third kappa shape index (κ3) is 6.24. The first kappa shape index (κ1) is 21.2. The lowest BCUT2D eigenvalue weighted by Gasteiger charge is -2.28. The van der Waals surface area contributed by atoms with Crippen LogP contribution in [0, 0.1) is 0 Å². The van der Waals surface area contributed by atoms with Crippen LogP contribution in [-0.2, 0) is 16.1 Å². The van der Waals surface area contributed by atoms with Crippen molar-refractivity contribution in [2.45, 2.75) is 19.5 Å². The summed E-state index contributed by atoms with van der Waals surface area (Å²) < 4.78 is 0. The number of likely N-dealkylation sites (N-methyl/N-ethyl adjacent to an activating group) is 2. The van der Waals surface area contributed by atoms with Gasteiger partial charge >= 0.3 is 0 Å². The highest BCUT2D eigenvalue weighted by molar-refractivity contribution is 6.42. The van der Waals surface area contributed by atoms with Crippen LogP contribution < -0.4 is 5.32 Å². The highest BCUT2D eigenvalue weighted by atomic mass is 35.5. The molecule has 1 N–H and O–H groups in total. The van der Waals surface area contributed by atoms with Crippen LogP contribution >= 0.6 is 23.2 Å². The first-order valence-corrected chi connectivity index (χ1v) is 9.27. The van der Waals surface area contributed by atoms with Gasteiger partial charge < -0.3 is 10.2 Å². The van der Waals surface area contributed by atoms with E-state index in [0.29, 0.717) is 22.3 Å². The van der Waals surface area contributed by atoms with Crippen molar-refractivity contribution in [2.24, 2.45) is 0 Å². The fourth-order valence-corrected chi connectivity index (χ4v) is 2.88. The van der Waals surface area contributed by atoms with Gasteiger partial charge in [0.25, 0.3) is 0 Å². The lowest BCUT2D eigenvalue weighted by atomic mass is 10.2. The predicted octanol–water partition coefficient (Wildman–Crippen LogP) is 3.91. The third-order valence-electron chi connectivity index (χ3n) is 4.25. The fourth-order valence-electron chi connectivity index (χ4n) is 2.58. The van der Waals surface area contributed by atoms with Gasteiger partial charge in [-0.2, -0.15) is 0 Å². The second kappa shape index (κ2) is 9.74. The van der Waals surface area contributed by atoms with Crippen LogP contribution in [0.25, 0.3) is 0 Å². The number of nitrogens with one attached hydrogen (secondary N) is 1. The molecule has 0 saturated carbocycles. The van der Waals surface area contributed by atoms with E-state index in [-0.39, 0.29) is 18.4 Å². The number of carbonyl (C=O) groups excluding carboxylic acids is 2. The number of benzene rings is 2. The van der Waals surface area contributed by atoms with E-state index in [9.17, 15) is 9.59 Å². The Morgan fingerprint density at radius 3 is 2.33 bits per heavy atom. The zero-order chi connectivity index (χ0) is 20.0. The molecule has 0 aromatic heterocycles. The number of rotatable bonds is 7. The molecular weight excluding hydrogens is 385 g/mol. The monoisotopic (exact) mass is 407 g/mol. The summed E-state index contributed by atoms with van der Waals surface area (Å²) >= 11 is 11.8. The fraction of sp³-hybridized carbons (Fsp3) is 0.300. The second-order valence-corrected chi connectivity index (χ2v) is 7.26. The van der Waals surface area contributed by atoms with Crippen molar-refractivity contribution in [1.82, 2.24) is 9.80 Å². The van der Waals surface area contributed by atoms with Gasteiger partial charge in [0.15, 0.2) is 0 Å². The van der Waals surface area contributed by atoms with Gasteiger partial charge in [0.2, 0.25) is 11.8 Å². The second-order valence-electron chi connectivity index (χ2n) is 6.45. The van der Waals surface area contributed by atoms with E-state index in [4.69, 9.17) is 23.2 Å². The average Bonchev–Trinajstić information content (AvgIpc) is 2.64. The van der Waals surface area contributed by atoms with Gasteiger partial charge in [-0.05, 0) is 37.7 Å². The Morgan fingerprint density at radius 2 is 1.70 bits per heavy atom. The Kier molecular flexibility index (Phi) is 7.66. The first-order chi connectivity index (χ1) is 12.8. The standard InChI is InChI=1S/C20H23Cl2N3O2/c1-14(20(27)25(3)12-15-7-5-4-6-8-15)24(2)13-19(26)23-16-9-10-17(21)18(22)11-16/h4-11,14H,12-13H2,1-3H3,(H,23,26)/t14-/m1/s1. The Bertz CT molecular complexity index is 799. The molecule has 7 heteroatoms.